The second-order valence-electron chi connectivity index (χ2n) is 4.87. The summed E-state index contributed by atoms with van der Waals surface area (Å²) >= 11 is 3.49. The lowest BCUT2D eigenvalue weighted by Gasteiger charge is -2.17. The molecule has 1 aromatic heterocycles. The van der Waals surface area contributed by atoms with Crippen molar-refractivity contribution < 1.29 is 0 Å². The lowest BCUT2D eigenvalue weighted by atomic mass is 10.1. The van der Waals surface area contributed by atoms with Gasteiger partial charge in [0.1, 0.15) is 5.82 Å². The molecule has 0 radical (unpaired) electrons. The van der Waals surface area contributed by atoms with Crippen LogP contribution in [-0.2, 0) is 0 Å². The van der Waals surface area contributed by atoms with Crippen molar-refractivity contribution in [2.75, 3.05) is 11.1 Å². The maximum atomic E-state index is 5.79. The number of halogens is 1. The highest BCUT2D eigenvalue weighted by molar-refractivity contribution is 9.10. The first kappa shape index (κ1) is 13.8. The summed E-state index contributed by atoms with van der Waals surface area (Å²) in [5, 5.41) is 4.38. The summed E-state index contributed by atoms with van der Waals surface area (Å²) < 4.78 is 1.06. The Morgan fingerprint density at radius 2 is 1.90 bits per heavy atom. The van der Waals surface area contributed by atoms with Gasteiger partial charge in [-0.25, -0.2) is 4.98 Å². The fraction of sp³-hybridized carbons (Fsp3) is 0.125. The van der Waals surface area contributed by atoms with Gasteiger partial charge in [-0.3, -0.25) is 0 Å². The fourth-order valence-corrected chi connectivity index (χ4v) is 2.69. The smallest absolute Gasteiger partial charge is 0.222 e. The molecule has 0 fully saturated rings. The average molecular weight is 343 g/mol. The predicted octanol–water partition coefficient (Wildman–Crippen LogP) is 4.15. The van der Waals surface area contributed by atoms with Gasteiger partial charge in [-0.1, -0.05) is 40.2 Å². The zero-order chi connectivity index (χ0) is 14.8. The molecule has 4 nitrogen and oxygen atoms in total. The second-order valence-corrected chi connectivity index (χ2v) is 5.78. The number of para-hydroxylation sites is 1. The van der Waals surface area contributed by atoms with Gasteiger partial charge in [0.05, 0.1) is 11.6 Å². The zero-order valence-electron chi connectivity index (χ0n) is 11.5. The molecule has 1 heterocycles. The van der Waals surface area contributed by atoms with Gasteiger partial charge in [-0.05, 0) is 36.8 Å². The molecule has 2 aromatic carbocycles. The van der Waals surface area contributed by atoms with E-state index in [2.05, 4.69) is 50.3 Å². The van der Waals surface area contributed by atoms with Crippen LogP contribution in [0.3, 0.4) is 0 Å². The molecule has 0 saturated carbocycles. The Labute approximate surface area is 131 Å². The first-order valence-corrected chi connectivity index (χ1v) is 7.47. The van der Waals surface area contributed by atoms with Crippen LogP contribution in [0.4, 0.5) is 11.8 Å². The van der Waals surface area contributed by atoms with E-state index in [1.165, 1.54) is 5.56 Å². The Morgan fingerprint density at radius 1 is 1.10 bits per heavy atom. The molecule has 21 heavy (non-hydrogen) atoms. The third-order valence-corrected chi connectivity index (χ3v) is 3.82. The number of nitrogens with two attached hydrogens (primary N) is 1. The number of nitrogens with zero attached hydrogens (tertiary/aromatic N) is 2. The molecular weight excluding hydrogens is 328 g/mol. The van der Waals surface area contributed by atoms with Gasteiger partial charge < -0.3 is 11.1 Å². The van der Waals surface area contributed by atoms with Gasteiger partial charge in [0.15, 0.2) is 0 Å². The molecule has 1 unspecified atom stereocenters. The Morgan fingerprint density at radius 3 is 2.71 bits per heavy atom. The normalized spacial score (nSPS) is 12.3. The molecule has 106 valence electrons. The van der Waals surface area contributed by atoms with Gasteiger partial charge in [-0.2, -0.15) is 4.98 Å². The summed E-state index contributed by atoms with van der Waals surface area (Å²) in [6.07, 6.45) is 0. The number of aromatic nitrogens is 2. The number of rotatable bonds is 3. The highest BCUT2D eigenvalue weighted by Crippen LogP contribution is 2.26. The summed E-state index contributed by atoms with van der Waals surface area (Å²) in [6, 6.07) is 16.1. The van der Waals surface area contributed by atoms with Crippen LogP contribution in [-0.4, -0.2) is 9.97 Å². The molecule has 3 rings (SSSR count). The van der Waals surface area contributed by atoms with Crippen LogP contribution in [0.25, 0.3) is 10.9 Å². The third-order valence-electron chi connectivity index (χ3n) is 3.32. The number of anilines is 2. The average Bonchev–Trinajstić information content (AvgIpc) is 2.47. The van der Waals surface area contributed by atoms with Crippen molar-refractivity contribution in [1.82, 2.24) is 9.97 Å². The van der Waals surface area contributed by atoms with Crippen LogP contribution in [0.15, 0.2) is 53.0 Å². The molecule has 5 heteroatoms. The van der Waals surface area contributed by atoms with Gasteiger partial charge in [0.25, 0.3) is 0 Å². The molecule has 3 N–H and O–H groups in total. The van der Waals surface area contributed by atoms with E-state index in [0.29, 0.717) is 0 Å². The number of hydrogen-bond donors (Lipinski definition) is 2. The molecule has 0 aliphatic carbocycles. The van der Waals surface area contributed by atoms with E-state index in [-0.39, 0.29) is 12.0 Å². The molecular formula is C16H15BrN4. The van der Waals surface area contributed by atoms with Gasteiger partial charge in [0.2, 0.25) is 5.95 Å². The summed E-state index contributed by atoms with van der Waals surface area (Å²) in [5.74, 6) is 1.03. The number of nitrogens with one attached hydrogen (secondary N) is 1. The van der Waals surface area contributed by atoms with E-state index in [9.17, 15) is 0 Å². The first-order valence-electron chi connectivity index (χ1n) is 6.68. The Kier molecular flexibility index (Phi) is 3.75. The van der Waals surface area contributed by atoms with E-state index in [4.69, 9.17) is 5.73 Å². The van der Waals surface area contributed by atoms with Crippen LogP contribution in [0, 0.1) is 0 Å². The summed E-state index contributed by atoms with van der Waals surface area (Å²) in [4.78, 5) is 8.58. The Balaban J connectivity index is 1.98. The van der Waals surface area contributed by atoms with Crippen LogP contribution in [0.2, 0.25) is 0 Å². The molecule has 1 atom stereocenters. The van der Waals surface area contributed by atoms with Crippen LogP contribution < -0.4 is 11.1 Å². The minimum atomic E-state index is 0.111. The molecule has 0 aliphatic heterocycles. The minimum absolute atomic E-state index is 0.111. The maximum absolute atomic E-state index is 5.79. The standard InChI is InChI=1S/C16H15BrN4/c1-10(11-5-4-6-12(17)9-11)19-15-13-7-2-3-8-14(13)20-16(18)21-15/h2-10H,1H3,(H3,18,19,20,21). The van der Waals surface area contributed by atoms with Crippen molar-refractivity contribution in [2.24, 2.45) is 0 Å². The van der Waals surface area contributed by atoms with Crippen molar-refractivity contribution in [3.63, 3.8) is 0 Å². The van der Waals surface area contributed by atoms with Crippen molar-refractivity contribution >= 4 is 38.6 Å². The van der Waals surface area contributed by atoms with Crippen LogP contribution >= 0.6 is 15.9 Å². The first-order chi connectivity index (χ1) is 10.1. The zero-order valence-corrected chi connectivity index (χ0v) is 13.1. The lowest BCUT2D eigenvalue weighted by molar-refractivity contribution is 0.876. The molecule has 0 amide bonds. The third kappa shape index (κ3) is 2.97. The van der Waals surface area contributed by atoms with E-state index >= 15 is 0 Å². The molecule has 3 aromatic rings. The van der Waals surface area contributed by atoms with Gasteiger partial charge >= 0.3 is 0 Å². The van der Waals surface area contributed by atoms with Crippen LogP contribution in [0.1, 0.15) is 18.5 Å². The summed E-state index contributed by atoms with van der Waals surface area (Å²) in [7, 11) is 0. The topological polar surface area (TPSA) is 63.8 Å². The van der Waals surface area contributed by atoms with E-state index in [1.54, 1.807) is 0 Å². The Bertz CT molecular complexity index is 788. The highest BCUT2D eigenvalue weighted by atomic mass is 79.9. The van der Waals surface area contributed by atoms with Crippen molar-refractivity contribution in [2.45, 2.75) is 13.0 Å². The number of fused-ring (bicyclic) bond motifs is 1. The van der Waals surface area contributed by atoms with Crippen molar-refractivity contribution in [3.05, 3.63) is 58.6 Å². The summed E-state index contributed by atoms with van der Waals surface area (Å²) in [6.45, 7) is 2.09. The maximum Gasteiger partial charge on any atom is 0.222 e. The van der Waals surface area contributed by atoms with Gasteiger partial charge in [0, 0.05) is 9.86 Å². The quantitative estimate of drug-likeness (QED) is 0.750. The molecule has 0 aliphatic rings. The monoisotopic (exact) mass is 342 g/mol. The second kappa shape index (κ2) is 5.69. The molecule has 0 bridgehead atoms. The minimum Gasteiger partial charge on any atom is -0.368 e. The summed E-state index contributed by atoms with van der Waals surface area (Å²) in [5.41, 5.74) is 7.81. The highest BCUT2D eigenvalue weighted by Gasteiger charge is 2.10. The SMILES string of the molecule is CC(Nc1nc(N)nc2ccccc12)c1cccc(Br)c1. The lowest BCUT2D eigenvalue weighted by Crippen LogP contribution is -2.10. The van der Waals surface area contributed by atoms with Crippen molar-refractivity contribution in [3.8, 4) is 0 Å². The molecule has 0 spiro atoms. The van der Waals surface area contributed by atoms with E-state index in [1.807, 2.05) is 36.4 Å². The van der Waals surface area contributed by atoms with Crippen molar-refractivity contribution in [1.29, 1.82) is 0 Å². The van der Waals surface area contributed by atoms with E-state index < -0.39 is 0 Å². The largest absolute Gasteiger partial charge is 0.368 e. The molecule has 0 saturated heterocycles. The predicted molar refractivity (Wildman–Crippen MR) is 90.1 cm³/mol. The number of benzene rings is 2. The van der Waals surface area contributed by atoms with E-state index in [0.717, 1.165) is 21.2 Å². The Hall–Kier alpha value is -2.14. The van der Waals surface area contributed by atoms with Gasteiger partial charge in [-0.15, -0.1) is 0 Å². The van der Waals surface area contributed by atoms with Crippen LogP contribution in [0.5, 0.6) is 0 Å². The fourth-order valence-electron chi connectivity index (χ4n) is 2.27. The number of nitrogen functional groups attached to an aromatic ring is 1. The number of hydrogen-bond acceptors (Lipinski definition) is 4.